The number of carbonyl (C=O) groups excluding carboxylic acids is 1. The second kappa shape index (κ2) is 3.53. The van der Waals surface area contributed by atoms with E-state index in [0.29, 0.717) is 16.6 Å². The molecule has 0 saturated heterocycles. The lowest BCUT2D eigenvalue weighted by Crippen LogP contribution is -2.06. The number of anilines is 1. The van der Waals surface area contributed by atoms with E-state index in [2.05, 4.69) is 14.7 Å². The number of benzene rings is 1. The van der Waals surface area contributed by atoms with Gasteiger partial charge in [-0.05, 0) is 6.07 Å². The van der Waals surface area contributed by atoms with Crippen molar-refractivity contribution < 1.29 is 9.53 Å². The first-order chi connectivity index (χ1) is 7.24. The maximum atomic E-state index is 11.4. The number of aromatic nitrogens is 2. The Kier molecular flexibility index (Phi) is 2.21. The van der Waals surface area contributed by atoms with E-state index in [1.807, 2.05) is 0 Å². The summed E-state index contributed by atoms with van der Waals surface area (Å²) < 4.78 is 4.61. The molecule has 0 atom stereocenters. The average Bonchev–Trinajstić information content (AvgIpc) is 2.28. The van der Waals surface area contributed by atoms with Crippen LogP contribution < -0.4 is 5.73 Å². The number of carbonyl (C=O) groups is 1. The van der Waals surface area contributed by atoms with Crippen molar-refractivity contribution in [2.45, 2.75) is 0 Å². The fraction of sp³-hybridized carbons (Fsp3) is 0.100. The summed E-state index contributed by atoms with van der Waals surface area (Å²) in [4.78, 5) is 19.3. The fourth-order valence-corrected chi connectivity index (χ4v) is 1.37. The van der Waals surface area contributed by atoms with Crippen LogP contribution in [-0.4, -0.2) is 23.0 Å². The molecule has 5 nitrogen and oxygen atoms in total. The average molecular weight is 203 g/mol. The van der Waals surface area contributed by atoms with E-state index >= 15 is 0 Å². The molecule has 15 heavy (non-hydrogen) atoms. The minimum absolute atomic E-state index is 0.231. The monoisotopic (exact) mass is 203 g/mol. The molecular formula is C10H9N3O2. The Morgan fingerprint density at radius 2 is 2.20 bits per heavy atom. The van der Waals surface area contributed by atoms with Gasteiger partial charge in [0.05, 0.1) is 18.3 Å². The van der Waals surface area contributed by atoms with Crippen LogP contribution in [0.4, 0.5) is 5.69 Å². The van der Waals surface area contributed by atoms with E-state index in [1.54, 1.807) is 18.2 Å². The molecule has 2 N–H and O–H groups in total. The lowest BCUT2D eigenvalue weighted by molar-refractivity contribution is 0.0596. The molecule has 0 unspecified atom stereocenters. The Morgan fingerprint density at radius 3 is 2.93 bits per heavy atom. The quantitative estimate of drug-likeness (QED) is 0.552. The number of nitrogens with two attached hydrogens (primary N) is 1. The highest BCUT2D eigenvalue weighted by Gasteiger charge is 2.13. The Labute approximate surface area is 85.9 Å². The number of esters is 1. The molecular weight excluding hydrogens is 194 g/mol. The first kappa shape index (κ1) is 9.39. The van der Waals surface area contributed by atoms with Crippen LogP contribution in [0.1, 0.15) is 10.5 Å². The minimum Gasteiger partial charge on any atom is -0.464 e. The van der Waals surface area contributed by atoms with Crippen LogP contribution in [0, 0.1) is 0 Å². The topological polar surface area (TPSA) is 78.1 Å². The number of nitrogen functional groups attached to an aromatic ring is 1. The van der Waals surface area contributed by atoms with Crippen molar-refractivity contribution in [3.63, 3.8) is 0 Å². The van der Waals surface area contributed by atoms with Gasteiger partial charge >= 0.3 is 5.97 Å². The number of hydrogen-bond acceptors (Lipinski definition) is 5. The minimum atomic E-state index is -0.493. The van der Waals surface area contributed by atoms with Gasteiger partial charge in [0.25, 0.3) is 0 Å². The highest BCUT2D eigenvalue weighted by atomic mass is 16.5. The van der Waals surface area contributed by atoms with E-state index in [0.717, 1.165) is 0 Å². The van der Waals surface area contributed by atoms with E-state index < -0.39 is 5.97 Å². The molecule has 0 aliphatic carbocycles. The zero-order chi connectivity index (χ0) is 10.8. The molecule has 1 heterocycles. The second-order valence-electron chi connectivity index (χ2n) is 2.96. The summed E-state index contributed by atoms with van der Waals surface area (Å²) >= 11 is 0. The van der Waals surface area contributed by atoms with Crippen molar-refractivity contribution in [2.24, 2.45) is 0 Å². The van der Waals surface area contributed by atoms with Crippen LogP contribution >= 0.6 is 0 Å². The van der Waals surface area contributed by atoms with Crippen LogP contribution in [0.25, 0.3) is 10.9 Å². The normalized spacial score (nSPS) is 10.2. The number of fused-ring (bicyclic) bond motifs is 1. The Balaban J connectivity index is 2.77. The third kappa shape index (κ3) is 1.48. The number of hydrogen-bond donors (Lipinski definition) is 1. The van der Waals surface area contributed by atoms with Crippen molar-refractivity contribution >= 4 is 22.6 Å². The summed E-state index contributed by atoms with van der Waals surface area (Å²) in [6, 6.07) is 5.20. The van der Waals surface area contributed by atoms with Crippen LogP contribution in [0.5, 0.6) is 0 Å². The van der Waals surface area contributed by atoms with Crippen LogP contribution in [-0.2, 0) is 4.74 Å². The maximum Gasteiger partial charge on any atom is 0.357 e. The third-order valence-corrected chi connectivity index (χ3v) is 2.07. The lowest BCUT2D eigenvalue weighted by atomic mass is 10.1. The first-order valence-corrected chi connectivity index (χ1v) is 4.31. The molecule has 1 aromatic carbocycles. The van der Waals surface area contributed by atoms with E-state index in [-0.39, 0.29) is 5.69 Å². The third-order valence-electron chi connectivity index (χ3n) is 2.07. The van der Waals surface area contributed by atoms with Crippen molar-refractivity contribution in [1.82, 2.24) is 9.97 Å². The summed E-state index contributed by atoms with van der Waals surface area (Å²) in [6.07, 6.45) is 1.30. The zero-order valence-electron chi connectivity index (χ0n) is 8.10. The Hall–Kier alpha value is -2.17. The van der Waals surface area contributed by atoms with Crippen LogP contribution in [0.3, 0.4) is 0 Å². The van der Waals surface area contributed by atoms with Gasteiger partial charge in [0, 0.05) is 5.39 Å². The summed E-state index contributed by atoms with van der Waals surface area (Å²) in [5.41, 5.74) is 7.03. The number of para-hydroxylation sites is 1. The van der Waals surface area contributed by atoms with Crippen LogP contribution in [0.2, 0.25) is 0 Å². The molecule has 0 saturated carbocycles. The molecule has 0 aliphatic rings. The van der Waals surface area contributed by atoms with Gasteiger partial charge in [0.2, 0.25) is 0 Å². The molecule has 2 rings (SSSR count). The van der Waals surface area contributed by atoms with E-state index in [1.165, 1.54) is 13.4 Å². The second-order valence-corrected chi connectivity index (χ2v) is 2.96. The zero-order valence-corrected chi connectivity index (χ0v) is 8.10. The van der Waals surface area contributed by atoms with Gasteiger partial charge in [-0.15, -0.1) is 0 Å². The number of ether oxygens (including phenoxy) is 1. The summed E-state index contributed by atoms with van der Waals surface area (Å²) in [7, 11) is 1.31. The summed E-state index contributed by atoms with van der Waals surface area (Å²) in [5.74, 6) is -0.493. The number of nitrogens with zero attached hydrogens (tertiary/aromatic N) is 2. The van der Waals surface area contributed by atoms with Crippen molar-refractivity contribution in [1.29, 1.82) is 0 Å². The van der Waals surface area contributed by atoms with E-state index in [9.17, 15) is 4.79 Å². The van der Waals surface area contributed by atoms with Gasteiger partial charge in [-0.2, -0.15) is 0 Å². The van der Waals surface area contributed by atoms with Gasteiger partial charge in [-0.25, -0.2) is 14.8 Å². The molecule has 0 radical (unpaired) electrons. The van der Waals surface area contributed by atoms with Crippen molar-refractivity contribution in [3.8, 4) is 0 Å². The number of rotatable bonds is 1. The molecule has 1 aromatic heterocycles. The van der Waals surface area contributed by atoms with Gasteiger partial charge in [-0.1, -0.05) is 12.1 Å². The molecule has 76 valence electrons. The van der Waals surface area contributed by atoms with E-state index in [4.69, 9.17) is 5.73 Å². The standard InChI is InChI=1S/C10H9N3O2/c1-15-10(14)9-6-3-2-4-7(11)8(6)12-5-13-9/h2-5H,11H2,1H3. The molecule has 0 fully saturated rings. The summed E-state index contributed by atoms with van der Waals surface area (Å²) in [6.45, 7) is 0. The molecule has 2 aromatic rings. The highest BCUT2D eigenvalue weighted by molar-refractivity contribution is 6.04. The molecule has 0 aliphatic heterocycles. The predicted octanol–water partition coefficient (Wildman–Crippen LogP) is 0.999. The van der Waals surface area contributed by atoms with Gasteiger partial charge in [-0.3, -0.25) is 0 Å². The molecule has 0 bridgehead atoms. The molecule has 5 heteroatoms. The van der Waals surface area contributed by atoms with Gasteiger partial charge < -0.3 is 10.5 Å². The molecule has 0 spiro atoms. The van der Waals surface area contributed by atoms with Gasteiger partial charge in [0.1, 0.15) is 6.33 Å². The highest BCUT2D eigenvalue weighted by Crippen LogP contribution is 2.20. The summed E-state index contributed by atoms with van der Waals surface area (Å²) in [5, 5.41) is 0.601. The first-order valence-electron chi connectivity index (χ1n) is 4.31. The number of methoxy groups -OCH3 is 1. The SMILES string of the molecule is COC(=O)c1ncnc2c(N)cccc12. The Morgan fingerprint density at radius 1 is 1.40 bits per heavy atom. The van der Waals surface area contributed by atoms with Crippen molar-refractivity contribution in [3.05, 3.63) is 30.2 Å². The predicted molar refractivity (Wildman–Crippen MR) is 55.3 cm³/mol. The molecule has 0 amide bonds. The lowest BCUT2D eigenvalue weighted by Gasteiger charge is -2.04. The maximum absolute atomic E-state index is 11.4. The largest absolute Gasteiger partial charge is 0.464 e. The van der Waals surface area contributed by atoms with Crippen molar-refractivity contribution in [2.75, 3.05) is 12.8 Å². The fourth-order valence-electron chi connectivity index (χ4n) is 1.37. The Bertz CT molecular complexity index is 525. The van der Waals surface area contributed by atoms with Crippen LogP contribution in [0.15, 0.2) is 24.5 Å². The van der Waals surface area contributed by atoms with Gasteiger partial charge in [0.15, 0.2) is 5.69 Å². The smallest absolute Gasteiger partial charge is 0.357 e.